The van der Waals surface area contributed by atoms with Crippen LogP contribution in [-0.4, -0.2) is 52.6 Å². The van der Waals surface area contributed by atoms with Crippen LogP contribution in [0.15, 0.2) is 24.3 Å². The highest BCUT2D eigenvalue weighted by atomic mass is 35.5. The highest BCUT2D eigenvalue weighted by Gasteiger charge is 2.27. The van der Waals surface area contributed by atoms with Crippen LogP contribution in [0, 0.1) is 13.8 Å². The van der Waals surface area contributed by atoms with Crippen molar-refractivity contribution >= 4 is 34.7 Å². The Hall–Kier alpha value is -2.80. The van der Waals surface area contributed by atoms with Crippen molar-refractivity contribution in [1.29, 1.82) is 0 Å². The number of carbonyl (C=O) groups excluding carboxylic acids is 1. The molecule has 7 nitrogen and oxygen atoms in total. The molecule has 0 radical (unpaired) electrons. The van der Waals surface area contributed by atoms with Gasteiger partial charge in [-0.05, 0) is 45.2 Å². The fourth-order valence-corrected chi connectivity index (χ4v) is 4.65. The number of benzene rings is 1. The summed E-state index contributed by atoms with van der Waals surface area (Å²) in [5.74, 6) is 0.923. The first-order valence-corrected chi connectivity index (χ1v) is 11.6. The van der Waals surface area contributed by atoms with Gasteiger partial charge in [0.15, 0.2) is 5.65 Å². The number of hydrogen-bond donors (Lipinski definition) is 1. The molecule has 32 heavy (non-hydrogen) atoms. The summed E-state index contributed by atoms with van der Waals surface area (Å²) in [6.07, 6.45) is 2.70. The number of halogens is 1. The van der Waals surface area contributed by atoms with Crippen molar-refractivity contribution in [3.63, 3.8) is 0 Å². The summed E-state index contributed by atoms with van der Waals surface area (Å²) < 4.78 is 1.87. The Morgan fingerprint density at radius 1 is 1.19 bits per heavy atom. The van der Waals surface area contributed by atoms with Crippen molar-refractivity contribution in [3.8, 4) is 0 Å². The molecule has 0 fully saturated rings. The first-order valence-electron chi connectivity index (χ1n) is 11.2. The van der Waals surface area contributed by atoms with Gasteiger partial charge in [0.05, 0.1) is 17.3 Å². The third kappa shape index (κ3) is 4.01. The first-order chi connectivity index (χ1) is 15.3. The standard InChI is InChI=1S/C24H31ClN6O/c1-6-20-19-14-21-27-22(25)16(3)23(31(21)28-19)29(4)12-8-7-11-26-18-10-9-15(2)13-17(18)24(32)30(20)5/h9-10,13-14,20,26H,6-8,11-12H2,1-5H3. The summed E-state index contributed by atoms with van der Waals surface area (Å²) in [4.78, 5) is 22.1. The molecule has 8 heteroatoms. The van der Waals surface area contributed by atoms with E-state index in [1.807, 2.05) is 49.7 Å². The SMILES string of the molecule is CCC1c2cc3nc(Cl)c(C)c(n3n2)N(C)CCCCNc2ccc(C)cc2C(=O)N1C. The van der Waals surface area contributed by atoms with Gasteiger partial charge in [-0.15, -0.1) is 0 Å². The molecule has 2 bridgehead atoms. The average molecular weight is 455 g/mol. The predicted molar refractivity (Wildman–Crippen MR) is 130 cm³/mol. The number of aryl methyl sites for hydroxylation is 1. The van der Waals surface area contributed by atoms with E-state index in [9.17, 15) is 4.79 Å². The number of anilines is 2. The molecule has 0 saturated heterocycles. The van der Waals surface area contributed by atoms with Crippen molar-refractivity contribution in [3.05, 3.63) is 51.8 Å². The van der Waals surface area contributed by atoms with Crippen LogP contribution in [0.4, 0.5) is 11.5 Å². The number of hydrogen-bond acceptors (Lipinski definition) is 5. The van der Waals surface area contributed by atoms with Gasteiger partial charge < -0.3 is 15.1 Å². The molecule has 4 rings (SSSR count). The monoisotopic (exact) mass is 454 g/mol. The Labute approximate surface area is 194 Å². The van der Waals surface area contributed by atoms with E-state index in [2.05, 4.69) is 29.2 Å². The lowest BCUT2D eigenvalue weighted by molar-refractivity contribution is 0.0723. The molecule has 0 saturated carbocycles. The summed E-state index contributed by atoms with van der Waals surface area (Å²) in [5, 5.41) is 8.87. The number of nitrogens with one attached hydrogen (secondary N) is 1. The average Bonchev–Trinajstić information content (AvgIpc) is 3.16. The van der Waals surface area contributed by atoms with Crippen LogP contribution in [0.2, 0.25) is 5.15 Å². The van der Waals surface area contributed by atoms with E-state index in [0.717, 1.165) is 60.7 Å². The molecule has 1 amide bonds. The zero-order chi connectivity index (χ0) is 23.0. The van der Waals surface area contributed by atoms with Crippen molar-refractivity contribution in [2.45, 2.75) is 46.1 Å². The Morgan fingerprint density at radius 3 is 2.72 bits per heavy atom. The minimum Gasteiger partial charge on any atom is -0.384 e. The van der Waals surface area contributed by atoms with E-state index in [1.54, 1.807) is 4.90 Å². The van der Waals surface area contributed by atoms with Crippen LogP contribution < -0.4 is 10.2 Å². The van der Waals surface area contributed by atoms with Gasteiger partial charge in [0.2, 0.25) is 0 Å². The van der Waals surface area contributed by atoms with Crippen molar-refractivity contribution in [2.24, 2.45) is 0 Å². The van der Waals surface area contributed by atoms with Gasteiger partial charge in [-0.1, -0.05) is 30.2 Å². The first kappa shape index (κ1) is 22.4. The summed E-state index contributed by atoms with van der Waals surface area (Å²) in [5.41, 5.74) is 5.04. The molecule has 3 aromatic rings. The second-order valence-corrected chi connectivity index (χ2v) is 8.99. The van der Waals surface area contributed by atoms with Crippen molar-refractivity contribution in [1.82, 2.24) is 19.5 Å². The normalized spacial score (nSPS) is 17.8. The maximum Gasteiger partial charge on any atom is 0.256 e. The lowest BCUT2D eigenvalue weighted by Crippen LogP contribution is -2.32. The van der Waals surface area contributed by atoms with Gasteiger partial charge >= 0.3 is 0 Å². The molecule has 0 aliphatic carbocycles. The summed E-state index contributed by atoms with van der Waals surface area (Å²) in [6.45, 7) is 7.72. The van der Waals surface area contributed by atoms with Gasteiger partial charge in [-0.2, -0.15) is 9.61 Å². The molecule has 1 aliphatic heterocycles. The van der Waals surface area contributed by atoms with Crippen molar-refractivity contribution in [2.75, 3.05) is 37.4 Å². The minimum atomic E-state index is -0.181. The minimum absolute atomic E-state index is 0.0190. The Morgan fingerprint density at radius 2 is 1.97 bits per heavy atom. The molecule has 1 unspecified atom stereocenters. The molecule has 1 atom stereocenters. The van der Waals surface area contributed by atoms with Gasteiger partial charge in [0.25, 0.3) is 5.91 Å². The van der Waals surface area contributed by atoms with Crippen LogP contribution in [0.1, 0.15) is 59.4 Å². The molecule has 2 aromatic heterocycles. The van der Waals surface area contributed by atoms with Gasteiger partial charge in [-0.25, -0.2) is 4.98 Å². The molecule has 3 heterocycles. The highest BCUT2D eigenvalue weighted by molar-refractivity contribution is 6.30. The zero-order valence-corrected chi connectivity index (χ0v) is 20.2. The van der Waals surface area contributed by atoms with Crippen LogP contribution in [0.5, 0.6) is 0 Å². The number of carbonyl (C=O) groups is 1. The number of rotatable bonds is 1. The lowest BCUT2D eigenvalue weighted by Gasteiger charge is -2.27. The molecular weight excluding hydrogens is 424 g/mol. The Kier molecular flexibility index (Phi) is 6.29. The maximum atomic E-state index is 13.6. The second kappa shape index (κ2) is 8.98. The van der Waals surface area contributed by atoms with E-state index in [0.29, 0.717) is 16.4 Å². The van der Waals surface area contributed by atoms with Crippen LogP contribution in [0.3, 0.4) is 0 Å². The predicted octanol–water partition coefficient (Wildman–Crippen LogP) is 4.86. The quantitative estimate of drug-likeness (QED) is 0.531. The molecule has 1 aliphatic rings. The summed E-state index contributed by atoms with van der Waals surface area (Å²) >= 11 is 6.48. The third-order valence-corrected chi connectivity index (χ3v) is 6.65. The number of aromatic nitrogens is 3. The zero-order valence-electron chi connectivity index (χ0n) is 19.4. The van der Waals surface area contributed by atoms with Gasteiger partial charge in [0.1, 0.15) is 11.0 Å². The molecule has 1 N–H and O–H groups in total. The second-order valence-electron chi connectivity index (χ2n) is 8.64. The lowest BCUT2D eigenvalue weighted by atomic mass is 10.0. The fourth-order valence-electron chi connectivity index (χ4n) is 4.48. The Balaban J connectivity index is 1.86. The summed E-state index contributed by atoms with van der Waals surface area (Å²) in [6, 6.07) is 7.78. The van der Waals surface area contributed by atoms with Gasteiger partial charge in [0, 0.05) is 44.5 Å². The molecule has 0 spiro atoms. The Bertz CT molecular complexity index is 1160. The maximum absolute atomic E-state index is 13.6. The smallest absolute Gasteiger partial charge is 0.256 e. The van der Waals surface area contributed by atoms with Crippen LogP contribution in [-0.2, 0) is 0 Å². The fraction of sp³-hybridized carbons (Fsp3) is 0.458. The van der Waals surface area contributed by atoms with E-state index in [4.69, 9.17) is 16.7 Å². The number of amides is 1. The van der Waals surface area contributed by atoms with E-state index in [-0.39, 0.29) is 11.9 Å². The molecule has 1 aromatic carbocycles. The van der Waals surface area contributed by atoms with Crippen LogP contribution in [0.25, 0.3) is 5.65 Å². The number of fused-ring (bicyclic) bond motifs is 2. The van der Waals surface area contributed by atoms with E-state index < -0.39 is 0 Å². The topological polar surface area (TPSA) is 65.8 Å². The van der Waals surface area contributed by atoms with Gasteiger partial charge in [-0.3, -0.25) is 4.79 Å². The number of nitrogens with zero attached hydrogens (tertiary/aromatic N) is 5. The highest BCUT2D eigenvalue weighted by Crippen LogP contribution is 2.31. The molecular formula is C24H31ClN6O. The summed E-state index contributed by atoms with van der Waals surface area (Å²) in [7, 11) is 3.92. The van der Waals surface area contributed by atoms with E-state index >= 15 is 0 Å². The largest absolute Gasteiger partial charge is 0.384 e. The van der Waals surface area contributed by atoms with Crippen molar-refractivity contribution < 1.29 is 4.79 Å². The van der Waals surface area contributed by atoms with Crippen LogP contribution >= 0.6 is 11.6 Å². The third-order valence-electron chi connectivity index (χ3n) is 6.29. The van der Waals surface area contributed by atoms with E-state index in [1.165, 1.54) is 0 Å². The molecule has 170 valence electrons.